The number of nitrogens with one attached hydrogen (secondary N) is 1. The van der Waals surface area contributed by atoms with Crippen LogP contribution in [0.2, 0.25) is 5.02 Å². The highest BCUT2D eigenvalue weighted by Gasteiger charge is 2.25. The van der Waals surface area contributed by atoms with E-state index in [-0.39, 0.29) is 5.91 Å². The van der Waals surface area contributed by atoms with Crippen molar-refractivity contribution < 1.29 is 9.53 Å². The van der Waals surface area contributed by atoms with Crippen molar-refractivity contribution in [3.8, 4) is 5.75 Å². The van der Waals surface area contributed by atoms with Gasteiger partial charge in [-0.05, 0) is 73.4 Å². The minimum absolute atomic E-state index is 0.0862. The zero-order valence-electron chi connectivity index (χ0n) is 14.5. The van der Waals surface area contributed by atoms with E-state index in [0.717, 1.165) is 37.1 Å². The van der Waals surface area contributed by atoms with Crippen LogP contribution < -0.4 is 10.1 Å². The van der Waals surface area contributed by atoms with Gasteiger partial charge < -0.3 is 10.1 Å². The summed E-state index contributed by atoms with van der Waals surface area (Å²) in [5, 5.41) is 3.63. The smallest absolute Gasteiger partial charge is 0.224 e. The molecule has 0 radical (unpaired) electrons. The molecule has 0 saturated heterocycles. The zero-order chi connectivity index (χ0) is 17.6. The highest BCUT2D eigenvalue weighted by atomic mass is 35.5. The van der Waals surface area contributed by atoms with E-state index in [0.29, 0.717) is 23.3 Å². The number of benzene rings is 2. The summed E-state index contributed by atoms with van der Waals surface area (Å²) in [5.41, 5.74) is 2.10. The van der Waals surface area contributed by atoms with E-state index >= 15 is 0 Å². The normalized spacial score (nSPS) is 20.1. The van der Waals surface area contributed by atoms with Crippen molar-refractivity contribution >= 4 is 23.2 Å². The topological polar surface area (TPSA) is 38.3 Å². The molecule has 1 fully saturated rings. The van der Waals surface area contributed by atoms with Crippen molar-refractivity contribution in [1.29, 1.82) is 0 Å². The van der Waals surface area contributed by atoms with Gasteiger partial charge in [0.05, 0.1) is 7.11 Å². The van der Waals surface area contributed by atoms with Gasteiger partial charge in [0.2, 0.25) is 5.91 Å². The van der Waals surface area contributed by atoms with Gasteiger partial charge >= 0.3 is 0 Å². The van der Waals surface area contributed by atoms with Crippen LogP contribution in [0.15, 0.2) is 48.5 Å². The Bertz CT molecular complexity index is 706. The number of halogens is 1. The summed E-state index contributed by atoms with van der Waals surface area (Å²) in [6.07, 6.45) is 4.97. The lowest BCUT2D eigenvalue weighted by Gasteiger charge is -2.29. The van der Waals surface area contributed by atoms with E-state index in [9.17, 15) is 4.79 Å². The van der Waals surface area contributed by atoms with Crippen LogP contribution in [0.3, 0.4) is 0 Å². The average molecular weight is 358 g/mol. The maximum atomic E-state index is 12.3. The summed E-state index contributed by atoms with van der Waals surface area (Å²) in [6.45, 7) is 0. The van der Waals surface area contributed by atoms with Crippen molar-refractivity contribution in [3.63, 3.8) is 0 Å². The summed E-state index contributed by atoms with van der Waals surface area (Å²) < 4.78 is 5.49. The first-order valence-electron chi connectivity index (χ1n) is 8.84. The van der Waals surface area contributed by atoms with Gasteiger partial charge in [0.1, 0.15) is 5.75 Å². The molecule has 3 rings (SSSR count). The SMILES string of the molecule is COc1ccccc1[C@H]1CC[C@H](CC(=O)Nc2ccc(Cl)cc2)CC1. The second kappa shape index (κ2) is 8.39. The molecule has 1 N–H and O–H groups in total. The molecule has 0 heterocycles. The molecule has 0 spiro atoms. The largest absolute Gasteiger partial charge is 0.496 e. The second-order valence-electron chi connectivity index (χ2n) is 6.72. The number of methoxy groups -OCH3 is 1. The van der Waals surface area contributed by atoms with Crippen LogP contribution in [-0.2, 0) is 4.79 Å². The molecular weight excluding hydrogens is 334 g/mol. The Kier molecular flexibility index (Phi) is 5.98. The summed E-state index contributed by atoms with van der Waals surface area (Å²) in [6, 6.07) is 15.5. The van der Waals surface area contributed by atoms with Crippen LogP contribution in [0.5, 0.6) is 5.75 Å². The van der Waals surface area contributed by atoms with Crippen LogP contribution >= 0.6 is 11.6 Å². The van der Waals surface area contributed by atoms with Crippen LogP contribution in [0, 0.1) is 5.92 Å². The quantitative estimate of drug-likeness (QED) is 0.750. The first-order chi connectivity index (χ1) is 12.2. The van der Waals surface area contributed by atoms with Crippen molar-refractivity contribution in [1.82, 2.24) is 0 Å². The molecule has 1 aliphatic carbocycles. The van der Waals surface area contributed by atoms with E-state index in [4.69, 9.17) is 16.3 Å². The summed E-state index contributed by atoms with van der Waals surface area (Å²) in [4.78, 5) is 12.3. The number of carbonyl (C=O) groups excluding carboxylic acids is 1. The highest BCUT2D eigenvalue weighted by Crippen LogP contribution is 2.40. The highest BCUT2D eigenvalue weighted by molar-refractivity contribution is 6.30. The van der Waals surface area contributed by atoms with Crippen LogP contribution in [0.1, 0.15) is 43.6 Å². The Morgan fingerprint density at radius 2 is 1.76 bits per heavy atom. The lowest BCUT2D eigenvalue weighted by Crippen LogP contribution is -2.20. The van der Waals surface area contributed by atoms with Gasteiger partial charge in [-0.3, -0.25) is 4.79 Å². The van der Waals surface area contributed by atoms with Gasteiger partial charge in [0.25, 0.3) is 0 Å². The molecule has 0 aliphatic heterocycles. The molecule has 1 saturated carbocycles. The van der Waals surface area contributed by atoms with E-state index in [2.05, 4.69) is 17.4 Å². The van der Waals surface area contributed by atoms with Crippen molar-refractivity contribution in [2.45, 2.75) is 38.0 Å². The van der Waals surface area contributed by atoms with Gasteiger partial charge in [0.15, 0.2) is 0 Å². The number of amides is 1. The fourth-order valence-electron chi connectivity index (χ4n) is 3.69. The molecule has 0 aromatic heterocycles. The van der Waals surface area contributed by atoms with Crippen molar-refractivity contribution in [3.05, 3.63) is 59.1 Å². The fourth-order valence-corrected chi connectivity index (χ4v) is 3.81. The molecule has 1 aliphatic rings. The summed E-state index contributed by atoms with van der Waals surface area (Å²) >= 11 is 5.87. The molecule has 2 aromatic carbocycles. The predicted molar refractivity (Wildman–Crippen MR) is 102 cm³/mol. The Labute approximate surface area is 154 Å². The third-order valence-electron chi connectivity index (χ3n) is 5.03. The Balaban J connectivity index is 1.50. The summed E-state index contributed by atoms with van der Waals surface area (Å²) in [5.74, 6) is 2.06. The maximum absolute atomic E-state index is 12.3. The molecule has 3 nitrogen and oxygen atoms in total. The van der Waals surface area contributed by atoms with Crippen molar-refractivity contribution in [2.24, 2.45) is 5.92 Å². The lowest BCUT2D eigenvalue weighted by molar-refractivity contribution is -0.117. The van der Waals surface area contributed by atoms with Crippen molar-refractivity contribution in [2.75, 3.05) is 12.4 Å². The van der Waals surface area contributed by atoms with Gasteiger partial charge in [-0.25, -0.2) is 0 Å². The molecule has 2 aromatic rings. The van der Waals surface area contributed by atoms with Gasteiger partial charge in [-0.1, -0.05) is 29.8 Å². The van der Waals surface area contributed by atoms with E-state index in [1.54, 1.807) is 19.2 Å². The van der Waals surface area contributed by atoms with Crippen LogP contribution in [0.4, 0.5) is 5.69 Å². The van der Waals surface area contributed by atoms with Gasteiger partial charge in [0, 0.05) is 17.1 Å². The maximum Gasteiger partial charge on any atom is 0.224 e. The third-order valence-corrected chi connectivity index (χ3v) is 5.28. The number of hydrogen-bond acceptors (Lipinski definition) is 2. The summed E-state index contributed by atoms with van der Waals surface area (Å²) in [7, 11) is 1.73. The first kappa shape index (κ1) is 17.8. The zero-order valence-corrected chi connectivity index (χ0v) is 15.3. The second-order valence-corrected chi connectivity index (χ2v) is 7.16. The van der Waals surface area contributed by atoms with E-state index in [1.807, 2.05) is 24.3 Å². The van der Waals surface area contributed by atoms with Crippen LogP contribution in [0.25, 0.3) is 0 Å². The lowest BCUT2D eigenvalue weighted by atomic mass is 9.77. The Hall–Kier alpha value is -2.00. The Morgan fingerprint density at radius 3 is 2.44 bits per heavy atom. The minimum Gasteiger partial charge on any atom is -0.496 e. The predicted octanol–water partition coefficient (Wildman–Crippen LogP) is 5.65. The number of hydrogen-bond donors (Lipinski definition) is 1. The first-order valence-corrected chi connectivity index (χ1v) is 9.22. The number of ether oxygens (including phenoxy) is 1. The fraction of sp³-hybridized carbons (Fsp3) is 0.381. The third kappa shape index (κ3) is 4.76. The standard InChI is InChI=1S/C21H24ClNO2/c1-25-20-5-3-2-4-19(20)16-8-6-15(7-9-16)14-21(24)23-18-12-10-17(22)11-13-18/h2-5,10-13,15-16H,6-9,14H2,1H3,(H,23,24)/t15-,16-. The monoisotopic (exact) mass is 357 g/mol. The van der Waals surface area contributed by atoms with Gasteiger partial charge in [-0.15, -0.1) is 0 Å². The van der Waals surface area contributed by atoms with E-state index in [1.165, 1.54) is 5.56 Å². The number of para-hydroxylation sites is 1. The number of carbonyl (C=O) groups is 1. The van der Waals surface area contributed by atoms with Crippen LogP contribution in [-0.4, -0.2) is 13.0 Å². The Morgan fingerprint density at radius 1 is 1.08 bits per heavy atom. The number of rotatable bonds is 5. The molecular formula is C21H24ClNO2. The molecule has 4 heteroatoms. The number of anilines is 1. The molecule has 1 amide bonds. The molecule has 0 unspecified atom stereocenters. The molecule has 132 valence electrons. The molecule has 25 heavy (non-hydrogen) atoms. The average Bonchev–Trinajstić information content (AvgIpc) is 2.64. The molecule has 0 bridgehead atoms. The van der Waals surface area contributed by atoms with E-state index < -0.39 is 0 Å². The minimum atomic E-state index is 0.0862. The molecule has 0 atom stereocenters. The van der Waals surface area contributed by atoms with Gasteiger partial charge in [-0.2, -0.15) is 0 Å².